The van der Waals surface area contributed by atoms with Crippen LogP contribution in [0.2, 0.25) is 0 Å². The largest absolute Gasteiger partial charge is 0.439 e. The molecule has 136 valence electrons. The van der Waals surface area contributed by atoms with Crippen molar-refractivity contribution in [3.8, 4) is 0 Å². The van der Waals surface area contributed by atoms with E-state index in [1.807, 2.05) is 29.7 Å². The number of benzene rings is 1. The highest BCUT2D eigenvalue weighted by Gasteiger charge is 2.44. The number of aromatic nitrogens is 1. The third-order valence-electron chi connectivity index (χ3n) is 5.28. The number of hydrogen-bond donors (Lipinski definition) is 1. The zero-order valence-electron chi connectivity index (χ0n) is 14.7. The molecule has 1 aromatic heterocycles. The molecule has 0 radical (unpaired) electrons. The van der Waals surface area contributed by atoms with Gasteiger partial charge in [0, 0.05) is 23.7 Å². The number of amides is 2. The van der Waals surface area contributed by atoms with Gasteiger partial charge in [-0.15, -0.1) is 0 Å². The maximum absolute atomic E-state index is 12.9. The summed E-state index contributed by atoms with van der Waals surface area (Å²) in [6.45, 7) is 3.48. The number of carbonyl (C=O) groups is 2. The predicted octanol–water partition coefficient (Wildman–Crippen LogP) is 1.41. The SMILES string of the molecule is Cc1cc(=O)c2ccccc2n1CC(=O)N1CCC[C@@]2(CNC(=O)O2)C1. The molecule has 1 N–H and O–H groups in total. The Kier molecular flexibility index (Phi) is 3.94. The summed E-state index contributed by atoms with van der Waals surface area (Å²) in [6.07, 6.45) is 1.14. The molecule has 2 aliphatic heterocycles. The first-order chi connectivity index (χ1) is 12.5. The minimum Gasteiger partial charge on any atom is -0.439 e. The number of aryl methyl sites for hydroxylation is 1. The monoisotopic (exact) mass is 355 g/mol. The van der Waals surface area contributed by atoms with Gasteiger partial charge < -0.3 is 19.5 Å². The normalized spacial score (nSPS) is 22.5. The summed E-state index contributed by atoms with van der Waals surface area (Å²) >= 11 is 0. The number of alkyl carbamates (subject to hydrolysis) is 1. The van der Waals surface area contributed by atoms with Crippen molar-refractivity contribution in [1.29, 1.82) is 0 Å². The lowest BCUT2D eigenvalue weighted by molar-refractivity contribution is -0.137. The predicted molar refractivity (Wildman–Crippen MR) is 96.0 cm³/mol. The van der Waals surface area contributed by atoms with Gasteiger partial charge in [0.25, 0.3) is 0 Å². The van der Waals surface area contributed by atoms with Crippen LogP contribution in [0.3, 0.4) is 0 Å². The van der Waals surface area contributed by atoms with Crippen LogP contribution in [0.4, 0.5) is 4.79 Å². The number of ether oxygens (including phenoxy) is 1. The Labute approximate surface area is 150 Å². The van der Waals surface area contributed by atoms with Crippen LogP contribution in [-0.4, -0.2) is 46.7 Å². The van der Waals surface area contributed by atoms with Gasteiger partial charge in [-0.2, -0.15) is 0 Å². The average Bonchev–Trinajstić information content (AvgIpc) is 2.98. The van der Waals surface area contributed by atoms with E-state index in [0.717, 1.165) is 24.1 Å². The molecule has 0 unspecified atom stereocenters. The molecule has 2 saturated heterocycles. The summed E-state index contributed by atoms with van der Waals surface area (Å²) in [6, 6.07) is 8.88. The van der Waals surface area contributed by atoms with Gasteiger partial charge in [-0.1, -0.05) is 12.1 Å². The Balaban J connectivity index is 1.60. The van der Waals surface area contributed by atoms with Crippen molar-refractivity contribution in [2.75, 3.05) is 19.6 Å². The number of likely N-dealkylation sites (tertiary alicyclic amines) is 1. The molecule has 7 nitrogen and oxygen atoms in total. The fraction of sp³-hybridized carbons (Fsp3) is 0.421. The van der Waals surface area contributed by atoms with Gasteiger partial charge >= 0.3 is 6.09 Å². The Morgan fingerprint density at radius 2 is 2.12 bits per heavy atom. The molecule has 1 atom stereocenters. The number of nitrogens with zero attached hydrogens (tertiary/aromatic N) is 2. The number of hydrogen-bond acceptors (Lipinski definition) is 4. The lowest BCUT2D eigenvalue weighted by Crippen LogP contribution is -2.53. The standard InChI is InChI=1S/C19H21N3O4/c1-13-9-16(23)14-5-2-3-6-15(14)22(13)10-17(24)21-8-4-7-19(12-21)11-20-18(25)26-19/h2-3,5-6,9H,4,7-8,10-12H2,1H3,(H,20,25)/t19-/m1/s1. The molecule has 3 heterocycles. The molecule has 1 spiro atoms. The Morgan fingerprint density at radius 3 is 2.88 bits per heavy atom. The van der Waals surface area contributed by atoms with Crippen LogP contribution in [0, 0.1) is 6.92 Å². The Morgan fingerprint density at radius 1 is 1.31 bits per heavy atom. The lowest BCUT2D eigenvalue weighted by Gasteiger charge is -2.38. The summed E-state index contributed by atoms with van der Waals surface area (Å²) in [7, 11) is 0. The van der Waals surface area contributed by atoms with Crippen molar-refractivity contribution in [2.45, 2.75) is 31.9 Å². The Bertz CT molecular complexity index is 951. The van der Waals surface area contributed by atoms with E-state index in [1.54, 1.807) is 17.0 Å². The first-order valence-corrected chi connectivity index (χ1v) is 8.81. The second-order valence-electron chi connectivity index (χ2n) is 7.10. The van der Waals surface area contributed by atoms with Crippen molar-refractivity contribution in [3.63, 3.8) is 0 Å². The zero-order chi connectivity index (χ0) is 18.3. The summed E-state index contributed by atoms with van der Waals surface area (Å²) in [5.74, 6) is -0.0380. The van der Waals surface area contributed by atoms with E-state index in [1.165, 1.54) is 0 Å². The first kappa shape index (κ1) is 16.6. The summed E-state index contributed by atoms with van der Waals surface area (Å²) in [5.41, 5.74) is 0.864. The van der Waals surface area contributed by atoms with Crippen LogP contribution in [-0.2, 0) is 16.1 Å². The highest BCUT2D eigenvalue weighted by molar-refractivity contribution is 5.83. The summed E-state index contributed by atoms with van der Waals surface area (Å²) in [4.78, 5) is 38.3. The fourth-order valence-corrected chi connectivity index (χ4v) is 3.94. The van der Waals surface area contributed by atoms with E-state index in [-0.39, 0.29) is 17.9 Å². The van der Waals surface area contributed by atoms with Crippen molar-refractivity contribution in [3.05, 3.63) is 46.2 Å². The number of fused-ring (bicyclic) bond motifs is 1. The topological polar surface area (TPSA) is 80.6 Å². The zero-order valence-corrected chi connectivity index (χ0v) is 14.7. The highest BCUT2D eigenvalue weighted by Crippen LogP contribution is 2.28. The number of nitrogens with one attached hydrogen (secondary N) is 1. The molecule has 2 aromatic rings. The molecule has 0 aliphatic carbocycles. The number of piperidine rings is 1. The van der Waals surface area contributed by atoms with Crippen LogP contribution >= 0.6 is 0 Å². The maximum Gasteiger partial charge on any atom is 0.407 e. The number of carbonyl (C=O) groups excluding carboxylic acids is 2. The van der Waals surface area contributed by atoms with Crippen LogP contribution in [0.15, 0.2) is 35.1 Å². The van der Waals surface area contributed by atoms with Gasteiger partial charge in [0.1, 0.15) is 12.1 Å². The molecule has 26 heavy (non-hydrogen) atoms. The third kappa shape index (κ3) is 2.83. The maximum atomic E-state index is 12.9. The van der Waals surface area contributed by atoms with Gasteiger partial charge in [0.2, 0.25) is 5.91 Å². The average molecular weight is 355 g/mol. The van der Waals surface area contributed by atoms with Gasteiger partial charge in [-0.25, -0.2) is 4.79 Å². The first-order valence-electron chi connectivity index (χ1n) is 8.81. The fourth-order valence-electron chi connectivity index (χ4n) is 3.94. The third-order valence-corrected chi connectivity index (χ3v) is 5.28. The minimum absolute atomic E-state index is 0.0380. The highest BCUT2D eigenvalue weighted by atomic mass is 16.6. The molecule has 1 aromatic carbocycles. The van der Waals surface area contributed by atoms with Crippen LogP contribution in [0.25, 0.3) is 10.9 Å². The molecule has 0 saturated carbocycles. The minimum atomic E-state index is -0.606. The number of pyridine rings is 1. The van der Waals surface area contributed by atoms with E-state index in [9.17, 15) is 14.4 Å². The molecule has 2 fully saturated rings. The molecule has 2 aliphatic rings. The molecule has 4 rings (SSSR count). The van der Waals surface area contributed by atoms with Gasteiger partial charge in [-0.3, -0.25) is 9.59 Å². The van der Waals surface area contributed by atoms with E-state index >= 15 is 0 Å². The van der Waals surface area contributed by atoms with Crippen LogP contribution in [0.1, 0.15) is 18.5 Å². The van der Waals surface area contributed by atoms with Crippen molar-refractivity contribution in [2.24, 2.45) is 0 Å². The Hall–Kier alpha value is -2.83. The van der Waals surface area contributed by atoms with Gasteiger partial charge in [0.15, 0.2) is 5.43 Å². The van der Waals surface area contributed by atoms with E-state index in [0.29, 0.717) is 25.0 Å². The van der Waals surface area contributed by atoms with E-state index in [2.05, 4.69) is 5.32 Å². The van der Waals surface area contributed by atoms with Crippen molar-refractivity contribution < 1.29 is 14.3 Å². The van der Waals surface area contributed by atoms with Gasteiger partial charge in [0.05, 0.1) is 18.6 Å². The summed E-state index contributed by atoms with van der Waals surface area (Å²) < 4.78 is 7.31. The summed E-state index contributed by atoms with van der Waals surface area (Å²) in [5, 5.41) is 3.30. The van der Waals surface area contributed by atoms with Crippen LogP contribution < -0.4 is 10.7 Å². The second-order valence-corrected chi connectivity index (χ2v) is 7.10. The van der Waals surface area contributed by atoms with E-state index < -0.39 is 11.7 Å². The smallest absolute Gasteiger partial charge is 0.407 e. The molecular weight excluding hydrogens is 334 g/mol. The molecular formula is C19H21N3O4. The molecule has 7 heteroatoms. The van der Waals surface area contributed by atoms with Crippen molar-refractivity contribution >= 4 is 22.9 Å². The van der Waals surface area contributed by atoms with Gasteiger partial charge in [-0.05, 0) is 31.9 Å². The van der Waals surface area contributed by atoms with E-state index in [4.69, 9.17) is 4.74 Å². The number of para-hydroxylation sites is 1. The molecule has 2 amide bonds. The molecule has 0 bridgehead atoms. The van der Waals surface area contributed by atoms with Crippen LogP contribution in [0.5, 0.6) is 0 Å². The quantitative estimate of drug-likeness (QED) is 0.883. The second kappa shape index (κ2) is 6.16. The number of rotatable bonds is 2. The lowest BCUT2D eigenvalue weighted by atomic mass is 9.93. The van der Waals surface area contributed by atoms with Crippen molar-refractivity contribution in [1.82, 2.24) is 14.8 Å².